The molecular weight excluding hydrogens is 304 g/mol. The lowest BCUT2D eigenvalue weighted by Gasteiger charge is -2.02. The largest absolute Gasteiger partial charge is 0.288 e. The standard InChI is InChI=1S/C24H18O/c1-19-9-8-12-21(17-19)18-23(16-15-20-10-4-2-5-11-20)24(25)22-13-6-3-7-14-22/h2-14,17-18H,1H3. The predicted molar refractivity (Wildman–Crippen MR) is 103 cm³/mol. The molecule has 0 saturated heterocycles. The lowest BCUT2D eigenvalue weighted by molar-refractivity contribution is 0.104. The number of hydrogen-bond donors (Lipinski definition) is 0. The van der Waals surface area contributed by atoms with Gasteiger partial charge in [0.2, 0.25) is 5.78 Å². The first-order chi connectivity index (χ1) is 12.2. The SMILES string of the molecule is Cc1cccc(C=C(C#Cc2ccccc2)C(=O)c2ccccc2)c1. The van der Waals surface area contributed by atoms with Gasteiger partial charge in [-0.15, -0.1) is 0 Å². The van der Waals surface area contributed by atoms with E-state index < -0.39 is 0 Å². The van der Waals surface area contributed by atoms with Gasteiger partial charge in [-0.3, -0.25) is 4.79 Å². The van der Waals surface area contributed by atoms with Crippen LogP contribution in [0.25, 0.3) is 6.08 Å². The van der Waals surface area contributed by atoms with E-state index in [1.807, 2.05) is 97.9 Å². The van der Waals surface area contributed by atoms with Gasteiger partial charge in [0.15, 0.2) is 0 Å². The minimum Gasteiger partial charge on any atom is -0.288 e. The number of benzene rings is 3. The Morgan fingerprint density at radius 2 is 1.52 bits per heavy atom. The molecule has 0 aliphatic rings. The van der Waals surface area contributed by atoms with Crippen LogP contribution in [0, 0.1) is 18.8 Å². The van der Waals surface area contributed by atoms with Crippen LogP contribution in [0.1, 0.15) is 27.0 Å². The molecule has 3 aromatic carbocycles. The molecule has 0 N–H and O–H groups in total. The first-order valence-electron chi connectivity index (χ1n) is 8.17. The highest BCUT2D eigenvalue weighted by molar-refractivity contribution is 6.14. The molecule has 0 bridgehead atoms. The van der Waals surface area contributed by atoms with Crippen molar-refractivity contribution in [2.24, 2.45) is 0 Å². The van der Waals surface area contributed by atoms with E-state index in [0.717, 1.165) is 16.7 Å². The molecule has 0 aliphatic carbocycles. The van der Waals surface area contributed by atoms with Gasteiger partial charge in [-0.2, -0.15) is 0 Å². The summed E-state index contributed by atoms with van der Waals surface area (Å²) in [5, 5.41) is 0. The number of rotatable bonds is 3. The Bertz CT molecular complexity index is 955. The van der Waals surface area contributed by atoms with Crippen LogP contribution in [-0.4, -0.2) is 5.78 Å². The van der Waals surface area contributed by atoms with Crippen LogP contribution in [0.3, 0.4) is 0 Å². The van der Waals surface area contributed by atoms with E-state index in [0.29, 0.717) is 11.1 Å². The minimum atomic E-state index is -0.0643. The minimum absolute atomic E-state index is 0.0643. The zero-order valence-corrected chi connectivity index (χ0v) is 14.1. The second-order valence-corrected chi connectivity index (χ2v) is 5.78. The number of aryl methyl sites for hydroxylation is 1. The van der Waals surface area contributed by atoms with Crippen LogP contribution in [0.5, 0.6) is 0 Å². The zero-order chi connectivity index (χ0) is 17.5. The van der Waals surface area contributed by atoms with Crippen molar-refractivity contribution in [3.8, 4) is 11.8 Å². The van der Waals surface area contributed by atoms with Gasteiger partial charge in [0.25, 0.3) is 0 Å². The smallest absolute Gasteiger partial charge is 0.201 e. The van der Waals surface area contributed by atoms with Crippen molar-refractivity contribution in [3.63, 3.8) is 0 Å². The zero-order valence-electron chi connectivity index (χ0n) is 14.1. The summed E-state index contributed by atoms with van der Waals surface area (Å²) in [7, 11) is 0. The average molecular weight is 322 g/mol. The van der Waals surface area contributed by atoms with E-state index in [1.54, 1.807) is 0 Å². The van der Waals surface area contributed by atoms with Crippen molar-refractivity contribution in [2.75, 3.05) is 0 Å². The van der Waals surface area contributed by atoms with Crippen molar-refractivity contribution in [1.29, 1.82) is 0 Å². The van der Waals surface area contributed by atoms with Crippen molar-refractivity contribution in [1.82, 2.24) is 0 Å². The molecular formula is C24H18O. The van der Waals surface area contributed by atoms with Crippen LogP contribution in [-0.2, 0) is 0 Å². The first kappa shape index (κ1) is 16.5. The summed E-state index contributed by atoms with van der Waals surface area (Å²) in [4.78, 5) is 12.9. The summed E-state index contributed by atoms with van der Waals surface area (Å²) in [5.74, 6) is 6.09. The third-order valence-corrected chi connectivity index (χ3v) is 3.75. The lowest BCUT2D eigenvalue weighted by Crippen LogP contribution is -2.01. The van der Waals surface area contributed by atoms with Crippen molar-refractivity contribution >= 4 is 11.9 Å². The van der Waals surface area contributed by atoms with Crippen LogP contribution in [0.2, 0.25) is 0 Å². The summed E-state index contributed by atoms with van der Waals surface area (Å²) in [6, 6.07) is 27.0. The molecule has 3 rings (SSSR count). The number of carbonyl (C=O) groups excluding carboxylic acids is 1. The maximum absolute atomic E-state index is 12.9. The van der Waals surface area contributed by atoms with Gasteiger partial charge < -0.3 is 0 Å². The summed E-state index contributed by atoms with van der Waals surface area (Å²) in [6.45, 7) is 2.03. The van der Waals surface area contributed by atoms with Gasteiger partial charge in [-0.25, -0.2) is 0 Å². The average Bonchev–Trinajstić information content (AvgIpc) is 2.66. The molecule has 120 valence electrons. The first-order valence-corrected chi connectivity index (χ1v) is 8.17. The molecule has 0 saturated carbocycles. The topological polar surface area (TPSA) is 17.1 Å². The van der Waals surface area contributed by atoms with Gasteiger partial charge in [0.1, 0.15) is 0 Å². The molecule has 1 heteroatoms. The Kier molecular flexibility index (Phi) is 5.24. The fraction of sp³-hybridized carbons (Fsp3) is 0.0417. The second-order valence-electron chi connectivity index (χ2n) is 5.78. The summed E-state index contributed by atoms with van der Waals surface area (Å²) >= 11 is 0. The highest BCUT2D eigenvalue weighted by atomic mass is 16.1. The maximum Gasteiger partial charge on any atom is 0.201 e. The van der Waals surface area contributed by atoms with Crippen LogP contribution < -0.4 is 0 Å². The van der Waals surface area contributed by atoms with Crippen molar-refractivity contribution < 1.29 is 4.79 Å². The molecule has 0 atom stereocenters. The normalized spacial score (nSPS) is 10.7. The molecule has 0 aliphatic heterocycles. The molecule has 0 aromatic heterocycles. The van der Waals surface area contributed by atoms with Crippen LogP contribution in [0.15, 0.2) is 90.5 Å². The molecule has 0 radical (unpaired) electrons. The van der Waals surface area contributed by atoms with Gasteiger partial charge >= 0.3 is 0 Å². The van der Waals surface area contributed by atoms with Gasteiger partial charge in [-0.05, 0) is 30.7 Å². The van der Waals surface area contributed by atoms with Crippen molar-refractivity contribution in [2.45, 2.75) is 6.92 Å². The van der Waals surface area contributed by atoms with E-state index in [1.165, 1.54) is 0 Å². The quantitative estimate of drug-likeness (QED) is 0.363. The molecule has 25 heavy (non-hydrogen) atoms. The fourth-order valence-electron chi connectivity index (χ4n) is 2.49. The third kappa shape index (κ3) is 4.56. The Balaban J connectivity index is 2.02. The van der Waals surface area contributed by atoms with Gasteiger partial charge in [0.05, 0.1) is 5.57 Å². The summed E-state index contributed by atoms with van der Waals surface area (Å²) in [6.07, 6.45) is 1.86. The molecule has 3 aromatic rings. The number of allylic oxidation sites excluding steroid dienone is 1. The molecule has 1 nitrogen and oxygen atoms in total. The van der Waals surface area contributed by atoms with E-state index in [9.17, 15) is 4.79 Å². The predicted octanol–water partition coefficient (Wildman–Crippen LogP) is 5.31. The number of hydrogen-bond acceptors (Lipinski definition) is 1. The molecule has 0 fully saturated rings. The van der Waals surface area contributed by atoms with E-state index in [-0.39, 0.29) is 5.78 Å². The monoisotopic (exact) mass is 322 g/mol. The van der Waals surface area contributed by atoms with E-state index in [4.69, 9.17) is 0 Å². The second kappa shape index (κ2) is 7.95. The van der Waals surface area contributed by atoms with Crippen LogP contribution >= 0.6 is 0 Å². The third-order valence-electron chi connectivity index (χ3n) is 3.75. The molecule has 0 amide bonds. The lowest BCUT2D eigenvalue weighted by atomic mass is 10.0. The maximum atomic E-state index is 12.9. The highest BCUT2D eigenvalue weighted by Crippen LogP contribution is 2.14. The van der Waals surface area contributed by atoms with Crippen molar-refractivity contribution in [3.05, 3.63) is 113 Å². The molecule has 0 spiro atoms. The fourth-order valence-corrected chi connectivity index (χ4v) is 2.49. The number of carbonyl (C=O) groups is 1. The summed E-state index contributed by atoms with van der Waals surface area (Å²) < 4.78 is 0. The Labute approximate surface area is 148 Å². The van der Waals surface area contributed by atoms with E-state index in [2.05, 4.69) is 11.8 Å². The molecule has 0 unspecified atom stereocenters. The van der Waals surface area contributed by atoms with Gasteiger partial charge in [-0.1, -0.05) is 90.2 Å². The highest BCUT2D eigenvalue weighted by Gasteiger charge is 2.10. The number of ketones is 1. The van der Waals surface area contributed by atoms with Gasteiger partial charge in [0, 0.05) is 11.1 Å². The summed E-state index contributed by atoms with van der Waals surface area (Å²) in [5.41, 5.74) is 4.14. The Morgan fingerprint density at radius 1 is 0.840 bits per heavy atom. The van der Waals surface area contributed by atoms with Crippen LogP contribution in [0.4, 0.5) is 0 Å². The number of Topliss-reactive ketones (excluding diaryl/α,β-unsaturated/α-hetero) is 1. The Morgan fingerprint density at radius 3 is 2.20 bits per heavy atom. The van der Waals surface area contributed by atoms with E-state index >= 15 is 0 Å². The molecule has 0 heterocycles. The Hall–Kier alpha value is -3.37.